The first kappa shape index (κ1) is 30.0. The van der Waals surface area contributed by atoms with Gasteiger partial charge in [0, 0.05) is 42.0 Å². The fraction of sp³-hybridized carbons (Fsp3) is 0.483. The lowest BCUT2D eigenvalue weighted by Crippen LogP contribution is -2.42. The number of amides is 1. The van der Waals surface area contributed by atoms with E-state index in [4.69, 9.17) is 9.47 Å². The molecule has 1 amide bonds. The zero-order valence-electron chi connectivity index (χ0n) is 22.4. The molecule has 0 fully saturated rings. The van der Waals surface area contributed by atoms with Crippen LogP contribution in [0, 0.1) is 11.8 Å². The summed E-state index contributed by atoms with van der Waals surface area (Å²) in [5.41, 5.74) is 2.61. The van der Waals surface area contributed by atoms with E-state index in [9.17, 15) is 19.2 Å². The zero-order valence-corrected chi connectivity index (χ0v) is 22.4. The van der Waals surface area contributed by atoms with E-state index in [1.165, 1.54) is 6.92 Å². The van der Waals surface area contributed by atoms with Gasteiger partial charge in [-0.1, -0.05) is 45.9 Å². The van der Waals surface area contributed by atoms with E-state index in [2.05, 4.69) is 10.3 Å². The molecule has 8 heteroatoms. The first-order valence-corrected chi connectivity index (χ1v) is 12.7. The maximum atomic E-state index is 12.9. The van der Waals surface area contributed by atoms with Crippen LogP contribution < -0.4 is 5.32 Å². The molecule has 8 nitrogen and oxygen atoms in total. The van der Waals surface area contributed by atoms with Crippen LogP contribution in [0.2, 0.25) is 0 Å². The number of ketones is 3. The summed E-state index contributed by atoms with van der Waals surface area (Å²) in [6, 6.07) is 10.2. The van der Waals surface area contributed by atoms with Gasteiger partial charge in [0.25, 0.3) is 5.91 Å². The first-order chi connectivity index (χ1) is 17.6. The van der Waals surface area contributed by atoms with Crippen molar-refractivity contribution < 1.29 is 28.7 Å². The molecule has 0 bridgehead atoms. The maximum absolute atomic E-state index is 12.9. The predicted molar refractivity (Wildman–Crippen MR) is 141 cm³/mol. The van der Waals surface area contributed by atoms with Gasteiger partial charge < -0.3 is 14.8 Å². The molecule has 1 heterocycles. The van der Waals surface area contributed by atoms with E-state index in [0.717, 1.165) is 11.1 Å². The van der Waals surface area contributed by atoms with Crippen molar-refractivity contribution in [1.29, 1.82) is 0 Å². The predicted octanol–water partition coefficient (Wildman–Crippen LogP) is 4.31. The topological polar surface area (TPSA) is 112 Å². The van der Waals surface area contributed by atoms with Gasteiger partial charge in [-0.05, 0) is 30.7 Å². The van der Waals surface area contributed by atoms with E-state index in [1.54, 1.807) is 24.4 Å². The molecule has 1 aromatic carbocycles. The van der Waals surface area contributed by atoms with Crippen LogP contribution in [0.15, 0.2) is 42.6 Å². The Bertz CT molecular complexity index is 1050. The third kappa shape index (κ3) is 10.3. The molecule has 0 saturated heterocycles. The minimum Gasteiger partial charge on any atom is -0.379 e. The number of ether oxygens (including phenoxy) is 2. The largest absolute Gasteiger partial charge is 0.379 e. The van der Waals surface area contributed by atoms with Crippen LogP contribution in [0.25, 0.3) is 11.1 Å². The Labute approximate surface area is 219 Å². The normalized spacial score (nSPS) is 12.0. The summed E-state index contributed by atoms with van der Waals surface area (Å²) in [4.78, 5) is 52.2. The Morgan fingerprint density at radius 2 is 1.41 bits per heavy atom. The third-order valence-electron chi connectivity index (χ3n) is 5.73. The molecular weight excluding hydrogens is 472 g/mol. The minimum atomic E-state index is -0.441. The summed E-state index contributed by atoms with van der Waals surface area (Å²) in [5, 5.41) is 2.91. The van der Waals surface area contributed by atoms with Crippen LogP contribution >= 0.6 is 0 Å². The molecule has 200 valence electrons. The number of nitrogens with one attached hydrogen (secondary N) is 1. The molecule has 1 N–H and O–H groups in total. The van der Waals surface area contributed by atoms with Gasteiger partial charge in [-0.15, -0.1) is 0 Å². The number of nitrogens with zero attached hydrogens (tertiary/aromatic N) is 1. The Morgan fingerprint density at radius 1 is 0.811 bits per heavy atom. The summed E-state index contributed by atoms with van der Waals surface area (Å²) < 4.78 is 11.2. The molecule has 1 unspecified atom stereocenters. The monoisotopic (exact) mass is 510 g/mol. The van der Waals surface area contributed by atoms with Crippen molar-refractivity contribution in [3.8, 4) is 11.1 Å². The van der Waals surface area contributed by atoms with Gasteiger partial charge in [-0.2, -0.15) is 0 Å². The summed E-state index contributed by atoms with van der Waals surface area (Å²) in [7, 11) is 0. The fourth-order valence-electron chi connectivity index (χ4n) is 3.35. The van der Waals surface area contributed by atoms with Crippen molar-refractivity contribution >= 4 is 23.3 Å². The lowest BCUT2D eigenvalue weighted by molar-refractivity contribution is -0.123. The van der Waals surface area contributed by atoms with Crippen LogP contribution in [-0.2, 0) is 19.1 Å². The second-order valence-electron chi connectivity index (χ2n) is 9.67. The van der Waals surface area contributed by atoms with Gasteiger partial charge in [0.05, 0.1) is 32.5 Å². The molecule has 37 heavy (non-hydrogen) atoms. The molecule has 2 rings (SSSR count). The molecule has 0 aliphatic heterocycles. The van der Waals surface area contributed by atoms with Crippen molar-refractivity contribution in [2.24, 2.45) is 11.8 Å². The molecular formula is C29H38N2O6. The molecule has 2 aromatic rings. The number of hydrogen-bond acceptors (Lipinski definition) is 7. The highest BCUT2D eigenvalue weighted by molar-refractivity contribution is 5.96. The minimum absolute atomic E-state index is 0.00565. The fourth-order valence-corrected chi connectivity index (χ4v) is 3.35. The van der Waals surface area contributed by atoms with Gasteiger partial charge in [-0.3, -0.25) is 24.2 Å². The van der Waals surface area contributed by atoms with Crippen molar-refractivity contribution in [2.75, 3.05) is 26.4 Å². The number of carbonyl (C=O) groups is 4. The lowest BCUT2D eigenvalue weighted by Gasteiger charge is -2.19. The van der Waals surface area contributed by atoms with E-state index in [-0.39, 0.29) is 61.5 Å². The standard InChI is InChI=1S/C29H38N2O6/c1-19(2)27(33)13-15-37-18-25(17-36-14-12-21(5)32)31-29(35)23-8-6-22(7-9-23)24-10-11-26(30-16-24)28(34)20(3)4/h6-11,16,19-20,25H,12-15,17-18H2,1-5H3,(H,31,35). The Kier molecular flexibility index (Phi) is 12.3. The van der Waals surface area contributed by atoms with Crippen molar-refractivity contribution in [1.82, 2.24) is 10.3 Å². The number of aromatic nitrogens is 1. The second-order valence-corrected chi connectivity index (χ2v) is 9.67. The van der Waals surface area contributed by atoms with Crippen molar-refractivity contribution in [3.63, 3.8) is 0 Å². The summed E-state index contributed by atoms with van der Waals surface area (Å²) >= 11 is 0. The second kappa shape index (κ2) is 15.1. The quantitative estimate of drug-likeness (QED) is 0.264. The molecule has 0 aliphatic carbocycles. The molecule has 1 atom stereocenters. The van der Waals surface area contributed by atoms with E-state index >= 15 is 0 Å². The number of rotatable bonds is 16. The Balaban J connectivity index is 1.98. The summed E-state index contributed by atoms with van der Waals surface area (Å²) in [5.74, 6) is -0.311. The van der Waals surface area contributed by atoms with Crippen LogP contribution in [0.5, 0.6) is 0 Å². The van der Waals surface area contributed by atoms with Gasteiger partial charge in [0.2, 0.25) is 0 Å². The van der Waals surface area contributed by atoms with E-state index < -0.39 is 6.04 Å². The van der Waals surface area contributed by atoms with Crippen LogP contribution in [0.3, 0.4) is 0 Å². The molecule has 0 aliphatic rings. The summed E-state index contributed by atoms with van der Waals surface area (Å²) in [6.45, 7) is 9.76. The van der Waals surface area contributed by atoms with Crippen molar-refractivity contribution in [3.05, 3.63) is 53.9 Å². The highest BCUT2D eigenvalue weighted by Gasteiger charge is 2.16. The van der Waals surface area contributed by atoms with Crippen LogP contribution in [0.1, 0.15) is 68.3 Å². The average Bonchev–Trinajstić information content (AvgIpc) is 2.88. The smallest absolute Gasteiger partial charge is 0.251 e. The third-order valence-corrected chi connectivity index (χ3v) is 5.73. The number of pyridine rings is 1. The molecule has 1 aromatic heterocycles. The van der Waals surface area contributed by atoms with Gasteiger partial charge in [-0.25, -0.2) is 0 Å². The zero-order chi connectivity index (χ0) is 27.4. The Morgan fingerprint density at radius 3 is 1.92 bits per heavy atom. The maximum Gasteiger partial charge on any atom is 0.251 e. The highest BCUT2D eigenvalue weighted by Crippen LogP contribution is 2.20. The van der Waals surface area contributed by atoms with E-state index in [1.807, 2.05) is 45.9 Å². The van der Waals surface area contributed by atoms with E-state index in [0.29, 0.717) is 24.1 Å². The average molecular weight is 511 g/mol. The van der Waals surface area contributed by atoms with Crippen LogP contribution in [0.4, 0.5) is 0 Å². The summed E-state index contributed by atoms with van der Waals surface area (Å²) in [6.07, 6.45) is 2.26. The number of benzene rings is 1. The lowest BCUT2D eigenvalue weighted by atomic mass is 10.0. The molecule has 0 saturated carbocycles. The van der Waals surface area contributed by atoms with Gasteiger partial charge >= 0.3 is 0 Å². The van der Waals surface area contributed by atoms with Gasteiger partial charge in [0.15, 0.2) is 5.78 Å². The van der Waals surface area contributed by atoms with Crippen molar-refractivity contribution in [2.45, 2.75) is 53.5 Å². The number of hydrogen-bond donors (Lipinski definition) is 1. The Hall–Kier alpha value is -3.23. The van der Waals surface area contributed by atoms with Gasteiger partial charge in [0.1, 0.15) is 17.3 Å². The number of carbonyl (C=O) groups excluding carboxylic acids is 4. The first-order valence-electron chi connectivity index (χ1n) is 12.7. The SMILES string of the molecule is CC(=O)CCOCC(COCCC(=O)C(C)C)NC(=O)c1ccc(-c2ccc(C(=O)C(C)C)nc2)cc1. The highest BCUT2D eigenvalue weighted by atomic mass is 16.5. The molecule has 0 radical (unpaired) electrons. The molecule has 0 spiro atoms. The number of Topliss-reactive ketones (excluding diaryl/α,β-unsaturated/α-hetero) is 3. The van der Waals surface area contributed by atoms with Crippen LogP contribution in [-0.4, -0.2) is 60.7 Å².